The lowest BCUT2D eigenvalue weighted by Gasteiger charge is -2.14. The van der Waals surface area contributed by atoms with Gasteiger partial charge in [-0.05, 0) is 32.6 Å². The molecule has 7 heteroatoms. The zero-order chi connectivity index (χ0) is 22.8. The molecule has 1 N–H and O–H groups in total. The normalized spacial score (nSPS) is 11.4. The Kier molecular flexibility index (Phi) is 6.01. The summed E-state index contributed by atoms with van der Waals surface area (Å²) in [6, 6.07) is 11.7. The van der Waals surface area contributed by atoms with Crippen molar-refractivity contribution in [3.63, 3.8) is 0 Å². The molecule has 0 bridgehead atoms. The third-order valence-electron chi connectivity index (χ3n) is 5.61. The fourth-order valence-electron chi connectivity index (χ4n) is 4.18. The lowest BCUT2D eigenvalue weighted by molar-refractivity contribution is 0.0526. The molecule has 2 aromatic carbocycles. The highest BCUT2D eigenvalue weighted by molar-refractivity contribution is 6.09. The van der Waals surface area contributed by atoms with Crippen LogP contribution in [0.3, 0.4) is 0 Å². The number of aromatic nitrogens is 3. The number of hydrogen-bond acceptors (Lipinski definition) is 5. The third-order valence-corrected chi connectivity index (χ3v) is 5.61. The summed E-state index contributed by atoms with van der Waals surface area (Å²) in [6.45, 7) is 3.01. The van der Waals surface area contributed by atoms with Crippen molar-refractivity contribution in [2.75, 3.05) is 20.7 Å². The van der Waals surface area contributed by atoms with Gasteiger partial charge in [0.1, 0.15) is 5.75 Å². The molecule has 166 valence electrons. The monoisotopic (exact) mass is 432 g/mol. The van der Waals surface area contributed by atoms with Gasteiger partial charge in [0.15, 0.2) is 0 Å². The zero-order valence-corrected chi connectivity index (χ0v) is 18.9. The fourth-order valence-corrected chi connectivity index (χ4v) is 4.18. The van der Waals surface area contributed by atoms with Crippen LogP contribution >= 0.6 is 0 Å². The minimum absolute atomic E-state index is 0.157. The van der Waals surface area contributed by atoms with E-state index in [1.165, 1.54) is 0 Å². The van der Waals surface area contributed by atoms with Crippen LogP contribution in [-0.4, -0.2) is 50.8 Å². The molecule has 4 aromatic rings. The van der Waals surface area contributed by atoms with E-state index in [2.05, 4.69) is 4.98 Å². The highest BCUT2D eigenvalue weighted by atomic mass is 16.5. The van der Waals surface area contributed by atoms with Gasteiger partial charge in [0, 0.05) is 48.2 Å². The molecule has 0 amide bonds. The molecule has 0 aliphatic heterocycles. The van der Waals surface area contributed by atoms with Crippen molar-refractivity contribution in [2.24, 2.45) is 7.05 Å². The Morgan fingerprint density at radius 2 is 1.97 bits per heavy atom. The number of esters is 1. The van der Waals surface area contributed by atoms with E-state index in [0.717, 1.165) is 22.3 Å². The summed E-state index contributed by atoms with van der Waals surface area (Å²) in [7, 11) is 5.88. The van der Waals surface area contributed by atoms with Crippen LogP contribution in [0.25, 0.3) is 22.0 Å². The first kappa shape index (κ1) is 21.6. The van der Waals surface area contributed by atoms with E-state index in [0.29, 0.717) is 29.6 Å². The van der Waals surface area contributed by atoms with Crippen LogP contribution in [0.5, 0.6) is 5.75 Å². The van der Waals surface area contributed by atoms with Crippen LogP contribution in [-0.2, 0) is 24.9 Å². The molecule has 0 fully saturated rings. The summed E-state index contributed by atoms with van der Waals surface area (Å²) in [5.41, 5.74) is 4.52. The molecule has 4 rings (SSSR count). The van der Waals surface area contributed by atoms with Gasteiger partial charge in [-0.25, -0.2) is 9.78 Å². The molecule has 0 aliphatic carbocycles. The molecule has 0 spiro atoms. The number of rotatable bonds is 7. The average Bonchev–Trinajstić information content (AvgIpc) is 3.37. The van der Waals surface area contributed by atoms with Crippen LogP contribution < -0.4 is 0 Å². The topological polar surface area (TPSA) is 72.5 Å². The van der Waals surface area contributed by atoms with E-state index in [1.807, 2.05) is 77.8 Å². The first-order valence-electron chi connectivity index (χ1n) is 10.6. The molecule has 0 unspecified atom stereocenters. The standard InChI is InChI=1S/C25H28N4O3/c1-5-32-25(31)23-21(15-27(2)3)28(4)20-13-18(17-9-7-6-8-10-17)24(30)19(22(20)23)14-29-12-11-26-16-29/h6-13,16,30H,5,14-15H2,1-4H3. The van der Waals surface area contributed by atoms with Gasteiger partial charge in [-0.15, -0.1) is 0 Å². The van der Waals surface area contributed by atoms with E-state index in [4.69, 9.17) is 4.74 Å². The number of benzene rings is 2. The van der Waals surface area contributed by atoms with Crippen molar-refractivity contribution in [2.45, 2.75) is 20.0 Å². The third kappa shape index (κ3) is 3.87. The van der Waals surface area contributed by atoms with Crippen LogP contribution in [0.2, 0.25) is 0 Å². The van der Waals surface area contributed by atoms with Gasteiger partial charge >= 0.3 is 5.97 Å². The molecule has 7 nitrogen and oxygen atoms in total. The molecule has 2 heterocycles. The average molecular weight is 433 g/mol. The van der Waals surface area contributed by atoms with Crippen LogP contribution in [0, 0.1) is 0 Å². The van der Waals surface area contributed by atoms with Crippen LogP contribution in [0.4, 0.5) is 0 Å². The maximum Gasteiger partial charge on any atom is 0.340 e. The smallest absolute Gasteiger partial charge is 0.340 e. The summed E-state index contributed by atoms with van der Waals surface area (Å²) in [5, 5.41) is 12.2. The molecule has 0 atom stereocenters. The van der Waals surface area contributed by atoms with Crippen molar-refractivity contribution in [1.29, 1.82) is 0 Å². The predicted octanol–water partition coefficient (Wildman–Crippen LogP) is 4.03. The quantitative estimate of drug-likeness (QED) is 0.447. The fraction of sp³-hybridized carbons (Fsp3) is 0.280. The summed E-state index contributed by atoms with van der Waals surface area (Å²) < 4.78 is 9.36. The molecular weight excluding hydrogens is 404 g/mol. The van der Waals surface area contributed by atoms with Crippen molar-refractivity contribution in [1.82, 2.24) is 19.0 Å². The zero-order valence-electron chi connectivity index (χ0n) is 18.9. The summed E-state index contributed by atoms with van der Waals surface area (Å²) >= 11 is 0. The molecule has 2 aromatic heterocycles. The largest absolute Gasteiger partial charge is 0.507 e. The molecular formula is C25H28N4O3. The lowest BCUT2D eigenvalue weighted by atomic mass is 9.96. The van der Waals surface area contributed by atoms with E-state index >= 15 is 0 Å². The van der Waals surface area contributed by atoms with E-state index in [1.54, 1.807) is 19.4 Å². The summed E-state index contributed by atoms with van der Waals surface area (Å²) in [6.07, 6.45) is 5.24. The van der Waals surface area contributed by atoms with Gasteiger partial charge in [-0.2, -0.15) is 0 Å². The van der Waals surface area contributed by atoms with Gasteiger partial charge in [0.2, 0.25) is 0 Å². The van der Waals surface area contributed by atoms with Crippen molar-refractivity contribution in [3.8, 4) is 16.9 Å². The van der Waals surface area contributed by atoms with Gasteiger partial charge in [-0.3, -0.25) is 0 Å². The highest BCUT2D eigenvalue weighted by Gasteiger charge is 2.28. The summed E-state index contributed by atoms with van der Waals surface area (Å²) in [4.78, 5) is 19.3. The number of aromatic hydroxyl groups is 1. The minimum Gasteiger partial charge on any atom is -0.507 e. The van der Waals surface area contributed by atoms with E-state index < -0.39 is 0 Å². The minimum atomic E-state index is -0.381. The van der Waals surface area contributed by atoms with Gasteiger partial charge in [0.05, 0.1) is 30.6 Å². The predicted molar refractivity (Wildman–Crippen MR) is 125 cm³/mol. The number of aryl methyl sites for hydroxylation is 1. The van der Waals surface area contributed by atoms with E-state index in [-0.39, 0.29) is 18.3 Å². The number of hydrogen-bond donors (Lipinski definition) is 1. The maximum absolute atomic E-state index is 13.1. The summed E-state index contributed by atoms with van der Waals surface area (Å²) in [5.74, 6) is -0.223. The first-order valence-corrected chi connectivity index (χ1v) is 10.6. The van der Waals surface area contributed by atoms with Crippen LogP contribution in [0.1, 0.15) is 28.5 Å². The Bertz CT molecular complexity index is 1240. The second kappa shape index (κ2) is 8.88. The Hall–Kier alpha value is -3.58. The Balaban J connectivity index is 2.09. The van der Waals surface area contributed by atoms with Gasteiger partial charge in [-0.1, -0.05) is 30.3 Å². The molecule has 32 heavy (non-hydrogen) atoms. The number of carbonyl (C=O) groups is 1. The van der Waals surface area contributed by atoms with Crippen molar-refractivity contribution >= 4 is 16.9 Å². The number of imidazole rings is 1. The number of carbonyl (C=O) groups excluding carboxylic acids is 1. The number of phenolic OH excluding ortho intramolecular Hbond substituents is 1. The lowest BCUT2D eigenvalue weighted by Crippen LogP contribution is -2.17. The molecule has 0 saturated carbocycles. The maximum atomic E-state index is 13.1. The Morgan fingerprint density at radius 3 is 2.59 bits per heavy atom. The number of ether oxygens (including phenoxy) is 1. The van der Waals surface area contributed by atoms with Gasteiger partial charge < -0.3 is 23.9 Å². The van der Waals surface area contributed by atoms with Crippen molar-refractivity contribution < 1.29 is 14.6 Å². The molecule has 0 aliphatic rings. The second-order valence-corrected chi connectivity index (χ2v) is 8.09. The SMILES string of the molecule is CCOC(=O)c1c(CN(C)C)n(C)c2cc(-c3ccccc3)c(O)c(Cn3ccnc3)c12. The number of phenols is 1. The van der Waals surface area contributed by atoms with Crippen molar-refractivity contribution in [3.05, 3.63) is 71.9 Å². The highest BCUT2D eigenvalue weighted by Crippen LogP contribution is 2.41. The van der Waals surface area contributed by atoms with Gasteiger partial charge in [0.25, 0.3) is 0 Å². The second-order valence-electron chi connectivity index (χ2n) is 8.09. The molecule has 0 saturated heterocycles. The number of fused-ring (bicyclic) bond motifs is 1. The van der Waals surface area contributed by atoms with E-state index in [9.17, 15) is 9.90 Å². The molecule has 0 radical (unpaired) electrons. The Morgan fingerprint density at radius 1 is 1.22 bits per heavy atom. The number of nitrogens with zero attached hydrogens (tertiary/aromatic N) is 4. The van der Waals surface area contributed by atoms with Crippen LogP contribution in [0.15, 0.2) is 55.1 Å². The first-order chi connectivity index (χ1) is 15.4. The Labute approximate surface area is 187 Å².